The van der Waals surface area contributed by atoms with Crippen LogP contribution < -0.4 is 0 Å². The molecule has 84 valence electrons. The van der Waals surface area contributed by atoms with Crippen LogP contribution in [-0.4, -0.2) is 35.6 Å². The minimum atomic E-state index is -1.18. The summed E-state index contributed by atoms with van der Waals surface area (Å²) in [5.41, 5.74) is -1.18. The lowest BCUT2D eigenvalue weighted by Crippen LogP contribution is -2.42. The van der Waals surface area contributed by atoms with E-state index < -0.39 is 23.4 Å². The fourth-order valence-electron chi connectivity index (χ4n) is 0.934. The summed E-state index contributed by atoms with van der Waals surface area (Å²) in [5.74, 6) is -1.77. The molecule has 0 aromatic carbocycles. The third-order valence-electron chi connectivity index (χ3n) is 2.18. The van der Waals surface area contributed by atoms with Gasteiger partial charge >= 0.3 is 5.97 Å². The van der Waals surface area contributed by atoms with Gasteiger partial charge < -0.3 is 9.57 Å². The van der Waals surface area contributed by atoms with Gasteiger partial charge in [0, 0.05) is 20.0 Å². The molecule has 0 aliphatic carbocycles. The van der Waals surface area contributed by atoms with Crippen LogP contribution in [-0.2, 0) is 24.0 Å². The van der Waals surface area contributed by atoms with E-state index in [0.29, 0.717) is 5.06 Å². The maximum Gasteiger partial charge on any atom is 0.364 e. The molecule has 1 heterocycles. The number of ether oxygens (including phenoxy) is 1. The molecule has 1 fully saturated rings. The number of hydroxylamine groups is 2. The number of hydrogen-bond donors (Lipinski definition) is 0. The van der Waals surface area contributed by atoms with Gasteiger partial charge in [0.1, 0.15) is 0 Å². The van der Waals surface area contributed by atoms with Crippen molar-refractivity contribution in [3.63, 3.8) is 0 Å². The maximum absolute atomic E-state index is 11.4. The van der Waals surface area contributed by atoms with E-state index in [1.54, 1.807) is 0 Å². The number of carbonyl (C=O) groups excluding carboxylic acids is 3. The van der Waals surface area contributed by atoms with Crippen molar-refractivity contribution in [3.05, 3.63) is 0 Å². The van der Waals surface area contributed by atoms with Crippen LogP contribution in [0.4, 0.5) is 0 Å². The molecule has 0 aromatic heterocycles. The van der Waals surface area contributed by atoms with Crippen LogP contribution in [0.25, 0.3) is 0 Å². The number of amides is 2. The van der Waals surface area contributed by atoms with Crippen molar-refractivity contribution in [1.29, 1.82) is 0 Å². The van der Waals surface area contributed by atoms with Gasteiger partial charge in [-0.15, -0.1) is 5.06 Å². The van der Waals surface area contributed by atoms with E-state index in [9.17, 15) is 14.4 Å². The lowest BCUT2D eigenvalue weighted by atomic mass is 10.1. The zero-order valence-corrected chi connectivity index (χ0v) is 8.90. The van der Waals surface area contributed by atoms with E-state index in [-0.39, 0.29) is 12.8 Å². The minimum absolute atomic E-state index is 0.0829. The first-order chi connectivity index (χ1) is 6.88. The summed E-state index contributed by atoms with van der Waals surface area (Å²) in [4.78, 5) is 38.4. The summed E-state index contributed by atoms with van der Waals surface area (Å²) in [6.07, 6.45) is 0.166. The minimum Gasteiger partial charge on any atom is -0.367 e. The molecule has 0 bridgehead atoms. The molecule has 2 amide bonds. The van der Waals surface area contributed by atoms with Crippen LogP contribution in [0.1, 0.15) is 26.7 Å². The van der Waals surface area contributed by atoms with Crippen molar-refractivity contribution in [2.45, 2.75) is 32.3 Å². The Morgan fingerprint density at radius 3 is 2.13 bits per heavy atom. The summed E-state index contributed by atoms with van der Waals surface area (Å²) in [5, 5.41) is 0.503. The normalized spacial score (nSPS) is 17.1. The second-order valence-corrected chi connectivity index (χ2v) is 3.68. The van der Waals surface area contributed by atoms with E-state index in [1.807, 2.05) is 0 Å². The molecular formula is C9H13NO5. The Kier molecular flexibility index (Phi) is 3.09. The first-order valence-electron chi connectivity index (χ1n) is 4.52. The predicted molar refractivity (Wildman–Crippen MR) is 48.3 cm³/mol. The molecule has 0 radical (unpaired) electrons. The lowest BCUT2D eigenvalue weighted by molar-refractivity contribution is -0.210. The summed E-state index contributed by atoms with van der Waals surface area (Å²) in [6, 6.07) is 0. The highest BCUT2D eigenvalue weighted by atomic mass is 16.7. The van der Waals surface area contributed by atoms with Crippen molar-refractivity contribution in [3.8, 4) is 0 Å². The fraction of sp³-hybridized carbons (Fsp3) is 0.667. The molecule has 0 N–H and O–H groups in total. The third kappa shape index (κ3) is 2.33. The molecule has 6 nitrogen and oxygen atoms in total. The van der Waals surface area contributed by atoms with Crippen LogP contribution in [0.15, 0.2) is 0 Å². The van der Waals surface area contributed by atoms with Crippen molar-refractivity contribution in [2.24, 2.45) is 0 Å². The number of rotatable bonds is 3. The highest BCUT2D eigenvalue weighted by molar-refractivity contribution is 6.01. The van der Waals surface area contributed by atoms with Gasteiger partial charge in [0.25, 0.3) is 11.8 Å². The van der Waals surface area contributed by atoms with Gasteiger partial charge in [-0.3, -0.25) is 9.59 Å². The van der Waals surface area contributed by atoms with E-state index in [1.165, 1.54) is 21.0 Å². The van der Waals surface area contributed by atoms with Gasteiger partial charge in [-0.2, -0.15) is 0 Å². The van der Waals surface area contributed by atoms with Crippen molar-refractivity contribution in [1.82, 2.24) is 5.06 Å². The van der Waals surface area contributed by atoms with E-state index in [4.69, 9.17) is 4.74 Å². The van der Waals surface area contributed by atoms with Crippen molar-refractivity contribution >= 4 is 17.8 Å². The Hall–Kier alpha value is -1.43. The first-order valence-corrected chi connectivity index (χ1v) is 4.52. The molecular weight excluding hydrogens is 202 g/mol. The first kappa shape index (κ1) is 11.6. The van der Waals surface area contributed by atoms with Crippen molar-refractivity contribution in [2.75, 3.05) is 7.11 Å². The quantitative estimate of drug-likeness (QED) is 0.620. The molecule has 1 saturated heterocycles. The van der Waals surface area contributed by atoms with Crippen LogP contribution in [0.5, 0.6) is 0 Å². The van der Waals surface area contributed by atoms with Crippen LogP contribution in [0.2, 0.25) is 0 Å². The molecule has 0 spiro atoms. The Balaban J connectivity index is 2.66. The third-order valence-corrected chi connectivity index (χ3v) is 2.18. The van der Waals surface area contributed by atoms with Gasteiger partial charge in [-0.25, -0.2) is 4.79 Å². The van der Waals surface area contributed by atoms with E-state index in [2.05, 4.69) is 4.84 Å². The molecule has 1 aliphatic rings. The van der Waals surface area contributed by atoms with Gasteiger partial charge in [-0.05, 0) is 13.8 Å². The average Bonchev–Trinajstić information content (AvgIpc) is 2.49. The summed E-state index contributed by atoms with van der Waals surface area (Å²) in [7, 11) is 1.34. The SMILES string of the molecule is COC(C)(C)C(=O)ON1C(=O)CCC1=O. The second-order valence-electron chi connectivity index (χ2n) is 3.68. The number of hydrogen-bond acceptors (Lipinski definition) is 5. The van der Waals surface area contributed by atoms with E-state index >= 15 is 0 Å². The average molecular weight is 215 g/mol. The molecule has 1 aliphatic heterocycles. The highest BCUT2D eigenvalue weighted by Crippen LogP contribution is 2.16. The standard InChI is InChI=1S/C9H13NO5/c1-9(2,14-3)8(13)15-10-6(11)4-5-7(10)12/h4-5H2,1-3H3. The summed E-state index contributed by atoms with van der Waals surface area (Å²) < 4.78 is 4.86. The van der Waals surface area contributed by atoms with Crippen LogP contribution in [0.3, 0.4) is 0 Å². The van der Waals surface area contributed by atoms with Gasteiger partial charge in [0.2, 0.25) is 0 Å². The molecule has 0 saturated carbocycles. The number of methoxy groups -OCH3 is 1. The molecule has 6 heteroatoms. The highest BCUT2D eigenvalue weighted by Gasteiger charge is 2.38. The number of carbonyl (C=O) groups is 3. The molecule has 0 unspecified atom stereocenters. The second kappa shape index (κ2) is 3.98. The largest absolute Gasteiger partial charge is 0.367 e. The van der Waals surface area contributed by atoms with Crippen molar-refractivity contribution < 1.29 is 24.0 Å². The number of nitrogens with zero attached hydrogens (tertiary/aromatic N) is 1. The molecule has 0 atom stereocenters. The predicted octanol–water partition coefficient (Wildman–Crippen LogP) is 0.0186. The molecule has 15 heavy (non-hydrogen) atoms. The monoisotopic (exact) mass is 215 g/mol. The van der Waals surface area contributed by atoms with Gasteiger partial charge in [0.05, 0.1) is 0 Å². The Morgan fingerprint density at radius 1 is 1.27 bits per heavy atom. The van der Waals surface area contributed by atoms with Gasteiger partial charge in [-0.1, -0.05) is 0 Å². The smallest absolute Gasteiger partial charge is 0.364 e. The lowest BCUT2D eigenvalue weighted by Gasteiger charge is -2.22. The van der Waals surface area contributed by atoms with Crippen LogP contribution >= 0.6 is 0 Å². The Bertz CT molecular complexity index is 294. The maximum atomic E-state index is 11.4. The fourth-order valence-corrected chi connectivity index (χ4v) is 0.934. The topological polar surface area (TPSA) is 72.9 Å². The zero-order chi connectivity index (χ0) is 11.6. The van der Waals surface area contributed by atoms with Gasteiger partial charge in [0.15, 0.2) is 5.60 Å². The zero-order valence-electron chi connectivity index (χ0n) is 8.90. The van der Waals surface area contributed by atoms with E-state index in [0.717, 1.165) is 0 Å². The van der Waals surface area contributed by atoms with Crippen LogP contribution in [0, 0.1) is 0 Å². The Labute approximate surface area is 87.1 Å². The number of imide groups is 1. The Morgan fingerprint density at radius 2 is 1.73 bits per heavy atom. The summed E-state index contributed by atoms with van der Waals surface area (Å²) >= 11 is 0. The molecule has 0 aromatic rings. The molecule has 1 rings (SSSR count). The summed E-state index contributed by atoms with van der Waals surface area (Å²) in [6.45, 7) is 2.97.